The van der Waals surface area contributed by atoms with Crippen LogP contribution in [0.4, 0.5) is 17.2 Å². The van der Waals surface area contributed by atoms with Crippen molar-refractivity contribution < 1.29 is 13.7 Å². The van der Waals surface area contributed by atoms with E-state index in [1.54, 1.807) is 42.6 Å². The maximum Gasteiger partial charge on any atom is 0.161 e. The van der Waals surface area contributed by atoms with Crippen LogP contribution in [0.15, 0.2) is 162 Å². The largest absolute Gasteiger partial charge is 0.386 e. The van der Waals surface area contributed by atoms with E-state index >= 15 is 0 Å². The Bertz CT molecular complexity index is 2430. The minimum atomic E-state index is -2.82. The lowest BCUT2D eigenvalue weighted by Crippen LogP contribution is -2.04. The van der Waals surface area contributed by atoms with E-state index in [0.29, 0.717) is 22.5 Å². The molecule has 0 aliphatic rings. The molecule has 0 radical (unpaired) electrons. The minimum absolute atomic E-state index is 0.0230. The summed E-state index contributed by atoms with van der Waals surface area (Å²) in [4.78, 5) is 13.0. The zero-order chi connectivity index (χ0) is 39.4. The van der Waals surface area contributed by atoms with E-state index in [0.717, 1.165) is 16.7 Å². The molecule has 0 saturated carbocycles. The van der Waals surface area contributed by atoms with Crippen molar-refractivity contribution in [1.82, 2.24) is 4.98 Å². The SMILES string of the molecule is [2H]c1nc(Nc2c([2H])c([2H])c(-c3ccc(-c4ccc(C(N=Cc5ccccc5)=NC(=N)c5ccccc5)cc4)cc3)c([2H])c2NC([2H])([2H])[2H])c([2H])c([2H])c1[2H]. The van der Waals surface area contributed by atoms with Gasteiger partial charge in [0.25, 0.3) is 0 Å². The molecule has 0 aliphatic heterocycles. The van der Waals surface area contributed by atoms with Crippen molar-refractivity contribution in [1.29, 1.82) is 5.41 Å². The molecule has 0 saturated heterocycles. The van der Waals surface area contributed by atoms with Gasteiger partial charge < -0.3 is 10.6 Å². The summed E-state index contributed by atoms with van der Waals surface area (Å²) in [5, 5.41) is 13.4. The van der Waals surface area contributed by atoms with Crippen LogP contribution in [0.5, 0.6) is 0 Å². The Kier molecular flexibility index (Phi) is 5.93. The van der Waals surface area contributed by atoms with Gasteiger partial charge in [-0.2, -0.15) is 0 Å². The van der Waals surface area contributed by atoms with E-state index in [2.05, 4.69) is 25.6 Å². The Balaban J connectivity index is 1.33. The van der Waals surface area contributed by atoms with Crippen LogP contribution in [0.2, 0.25) is 0 Å². The van der Waals surface area contributed by atoms with Crippen molar-refractivity contribution in [3.63, 3.8) is 0 Å². The van der Waals surface area contributed by atoms with Crippen LogP contribution in [0, 0.1) is 5.41 Å². The molecule has 0 bridgehead atoms. The third-order valence-corrected chi connectivity index (χ3v) is 6.70. The van der Waals surface area contributed by atoms with Crippen LogP contribution in [0.1, 0.15) is 30.4 Å². The number of anilines is 3. The second-order valence-electron chi connectivity index (χ2n) is 9.67. The molecule has 0 amide bonds. The van der Waals surface area contributed by atoms with Crippen LogP contribution in [-0.4, -0.2) is 29.8 Å². The molecule has 6 aromatic rings. The summed E-state index contributed by atoms with van der Waals surface area (Å²) < 4.78 is 81.9. The average molecular weight is 595 g/mol. The quantitative estimate of drug-likeness (QED) is 0.121. The molecule has 0 unspecified atom stereocenters. The van der Waals surface area contributed by atoms with Crippen LogP contribution in [0.25, 0.3) is 22.3 Å². The topological polar surface area (TPSA) is 85.5 Å². The first-order valence-electron chi connectivity index (χ1n) is 18.9. The fourth-order valence-electron chi connectivity index (χ4n) is 4.40. The van der Waals surface area contributed by atoms with Crippen molar-refractivity contribution in [3.05, 3.63) is 168 Å². The van der Waals surface area contributed by atoms with Gasteiger partial charge in [-0.1, -0.05) is 121 Å². The van der Waals surface area contributed by atoms with E-state index in [1.807, 2.05) is 72.8 Å². The predicted octanol–water partition coefficient (Wildman–Crippen LogP) is 9.09. The van der Waals surface area contributed by atoms with Gasteiger partial charge in [0, 0.05) is 34.6 Å². The Morgan fingerprint density at radius 2 is 1.40 bits per heavy atom. The highest BCUT2D eigenvalue weighted by atomic mass is 15.0. The number of amidine groups is 2. The minimum Gasteiger partial charge on any atom is -0.386 e. The number of nitrogens with one attached hydrogen (secondary N) is 3. The summed E-state index contributed by atoms with van der Waals surface area (Å²) >= 11 is 0. The zero-order valence-electron chi connectivity index (χ0n) is 33.8. The van der Waals surface area contributed by atoms with Gasteiger partial charge in [0.05, 0.1) is 21.0 Å². The van der Waals surface area contributed by atoms with E-state index in [4.69, 9.17) is 19.1 Å². The third kappa shape index (κ3) is 7.27. The number of aromatic nitrogens is 1. The first kappa shape index (κ1) is 19.2. The van der Waals surface area contributed by atoms with Gasteiger partial charge in [-0.25, -0.2) is 15.0 Å². The highest BCUT2D eigenvalue weighted by Crippen LogP contribution is 2.32. The third-order valence-electron chi connectivity index (χ3n) is 6.70. The second-order valence-corrected chi connectivity index (χ2v) is 9.67. The van der Waals surface area contributed by atoms with Crippen molar-refractivity contribution >= 4 is 35.1 Å². The van der Waals surface area contributed by atoms with Crippen molar-refractivity contribution in [2.24, 2.45) is 9.98 Å². The standard InChI is InChI=1S/C39H32N6/c1-41-36-26-34(23-24-35(36)44-37-14-8-9-25-42-37)31-17-15-29(16-18-31)30-19-21-33(22-20-30)39(43-27-28-10-4-2-5-11-28)45-38(40)32-12-6-3-7-13-32/h2-27,40-41H,1H3,(H,42,44)/i1D3,8D,9D,14D,23D,24D,25D,26D. The number of hydrogen-bond acceptors (Lipinski definition) is 4. The summed E-state index contributed by atoms with van der Waals surface area (Å²) in [7, 11) is 0. The lowest BCUT2D eigenvalue weighted by atomic mass is 9.99. The molecule has 3 N–H and O–H groups in total. The van der Waals surface area contributed by atoms with Crippen molar-refractivity contribution in [2.75, 3.05) is 17.6 Å². The highest BCUT2D eigenvalue weighted by molar-refractivity contribution is 6.13. The summed E-state index contributed by atoms with van der Waals surface area (Å²) in [6.07, 6.45) is 1.08. The number of rotatable bonds is 8. The van der Waals surface area contributed by atoms with Crippen molar-refractivity contribution in [2.45, 2.75) is 0 Å². The van der Waals surface area contributed by atoms with Gasteiger partial charge >= 0.3 is 0 Å². The Morgan fingerprint density at radius 3 is 2.11 bits per heavy atom. The van der Waals surface area contributed by atoms with Gasteiger partial charge in [-0.3, -0.25) is 5.41 Å². The van der Waals surface area contributed by atoms with E-state index in [-0.39, 0.29) is 22.8 Å². The summed E-state index contributed by atoms with van der Waals surface area (Å²) in [5.74, 6) is 0.00917. The molecule has 6 nitrogen and oxygen atoms in total. The molecule has 5 aromatic carbocycles. The fourth-order valence-corrected chi connectivity index (χ4v) is 4.40. The molecule has 0 fully saturated rings. The predicted molar refractivity (Wildman–Crippen MR) is 188 cm³/mol. The molecular formula is C39H32N6. The average Bonchev–Trinajstić information content (AvgIpc) is 3.18. The van der Waals surface area contributed by atoms with Gasteiger partial charge in [0.1, 0.15) is 5.82 Å². The fraction of sp³-hybridized carbons (Fsp3) is 0.0256. The van der Waals surface area contributed by atoms with Crippen LogP contribution < -0.4 is 10.6 Å². The normalized spacial score (nSPS) is 14.8. The van der Waals surface area contributed by atoms with Gasteiger partial charge in [0.15, 0.2) is 11.7 Å². The lowest BCUT2D eigenvalue weighted by Gasteiger charge is -2.13. The van der Waals surface area contributed by atoms with Gasteiger partial charge in [-0.05, 0) is 52.0 Å². The zero-order valence-corrected chi connectivity index (χ0v) is 23.8. The Labute approximate surface area is 277 Å². The summed E-state index contributed by atoms with van der Waals surface area (Å²) in [6.45, 7) is -2.82. The Hall–Kier alpha value is -6.14. The van der Waals surface area contributed by atoms with Crippen LogP contribution in [0.3, 0.4) is 0 Å². The van der Waals surface area contributed by atoms with Crippen molar-refractivity contribution in [3.8, 4) is 22.3 Å². The van der Waals surface area contributed by atoms with Crippen LogP contribution in [-0.2, 0) is 0 Å². The molecule has 45 heavy (non-hydrogen) atoms. The maximum absolute atomic E-state index is 8.99. The summed E-state index contributed by atoms with van der Waals surface area (Å²) in [5.41, 5.74) is 3.44. The monoisotopic (exact) mass is 594 g/mol. The van der Waals surface area contributed by atoms with Crippen LogP contribution >= 0.6 is 0 Å². The molecule has 1 heterocycles. The maximum atomic E-state index is 8.99. The molecule has 6 rings (SSSR count). The first-order chi connectivity index (χ1) is 26.2. The molecule has 0 atom stereocenters. The van der Waals surface area contributed by atoms with E-state index in [1.165, 1.54) is 0 Å². The highest BCUT2D eigenvalue weighted by Gasteiger charge is 2.09. The van der Waals surface area contributed by atoms with E-state index < -0.39 is 55.2 Å². The smallest absolute Gasteiger partial charge is 0.161 e. The molecule has 218 valence electrons. The molecule has 6 heteroatoms. The van der Waals surface area contributed by atoms with Gasteiger partial charge in [-0.15, -0.1) is 0 Å². The Morgan fingerprint density at radius 1 is 0.733 bits per heavy atom. The summed E-state index contributed by atoms with van der Waals surface area (Å²) in [6, 6.07) is 29.9. The van der Waals surface area contributed by atoms with E-state index in [9.17, 15) is 0 Å². The number of aliphatic imine (C=N–C) groups is 2. The lowest BCUT2D eigenvalue weighted by molar-refractivity contribution is 1.31. The number of nitrogens with zero attached hydrogens (tertiary/aromatic N) is 3. The molecule has 0 spiro atoms. The number of pyridine rings is 1. The number of hydrogen-bond donors (Lipinski definition) is 3. The second kappa shape index (κ2) is 13.9. The number of benzene rings is 5. The molecule has 0 aliphatic carbocycles. The molecule has 1 aromatic heterocycles. The molecular weight excluding hydrogens is 552 g/mol. The van der Waals surface area contributed by atoms with Gasteiger partial charge in [0.2, 0.25) is 0 Å². The first-order valence-corrected chi connectivity index (χ1v) is 13.9.